The third kappa shape index (κ3) is 5.75. The third-order valence-corrected chi connectivity index (χ3v) is 6.20. The van der Waals surface area contributed by atoms with E-state index in [9.17, 15) is 14.4 Å². The highest BCUT2D eigenvalue weighted by molar-refractivity contribution is 7.80. The monoisotopic (exact) mass is 491 g/mol. The maximum Gasteiger partial charge on any atom is 0.337 e. The molecule has 3 aromatic rings. The predicted octanol–water partition coefficient (Wildman–Crippen LogP) is 3.64. The first kappa shape index (κ1) is 24.2. The second kappa shape index (κ2) is 11.0. The maximum atomic E-state index is 13.4. The molecule has 1 fully saturated rings. The number of nitrogens with zero attached hydrogens (tertiary/aromatic N) is 2. The van der Waals surface area contributed by atoms with E-state index in [0.29, 0.717) is 35.1 Å². The highest BCUT2D eigenvalue weighted by Crippen LogP contribution is 2.25. The van der Waals surface area contributed by atoms with E-state index in [1.165, 1.54) is 7.11 Å². The molecule has 1 aliphatic rings. The zero-order valence-electron chi connectivity index (χ0n) is 19.2. The second-order valence-electron chi connectivity index (χ2n) is 8.05. The third-order valence-electron chi connectivity index (χ3n) is 5.75. The molecule has 180 valence electrons. The van der Waals surface area contributed by atoms with Gasteiger partial charge in [-0.25, -0.2) is 4.79 Å². The van der Waals surface area contributed by atoms with Gasteiger partial charge in [-0.05, 0) is 60.6 Å². The van der Waals surface area contributed by atoms with Crippen LogP contribution in [0.1, 0.15) is 28.1 Å². The van der Waals surface area contributed by atoms with Gasteiger partial charge in [0.05, 0.1) is 31.9 Å². The van der Waals surface area contributed by atoms with Gasteiger partial charge in [-0.15, -0.1) is 0 Å². The Bertz CT molecular complexity index is 1200. The minimum atomic E-state index is -0.752. The van der Waals surface area contributed by atoms with E-state index < -0.39 is 12.0 Å². The Labute approximate surface area is 208 Å². The van der Waals surface area contributed by atoms with Crippen LogP contribution in [0, 0.1) is 0 Å². The maximum absolute atomic E-state index is 13.4. The SMILES string of the molecule is COC(=O)c1ccc(NC(=O)C[C@H]2C(=O)N(CCc3ccccc3)C(=S)N2Cc2ccco2)cc1. The standard InChI is InChI=1S/C26H25N3O5S/c1-33-25(32)19-9-11-20(12-10-19)27-23(30)16-22-24(31)28(14-13-18-6-3-2-4-7-18)26(35)29(22)17-21-8-5-15-34-21/h2-12,15,22H,13-14,16-17H2,1H3,(H,27,30)/t22-/m0/s1. The highest BCUT2D eigenvalue weighted by Gasteiger charge is 2.43. The van der Waals surface area contributed by atoms with Gasteiger partial charge in [0, 0.05) is 12.2 Å². The van der Waals surface area contributed by atoms with Crippen molar-refractivity contribution < 1.29 is 23.5 Å². The molecule has 0 radical (unpaired) electrons. The van der Waals surface area contributed by atoms with Crippen LogP contribution in [0.2, 0.25) is 0 Å². The van der Waals surface area contributed by atoms with E-state index in [2.05, 4.69) is 10.1 Å². The predicted molar refractivity (Wildman–Crippen MR) is 134 cm³/mol. The number of carbonyl (C=O) groups excluding carboxylic acids is 3. The van der Waals surface area contributed by atoms with Crippen LogP contribution in [0.25, 0.3) is 0 Å². The number of hydrogen-bond acceptors (Lipinski definition) is 6. The quantitative estimate of drug-likeness (QED) is 0.361. The number of thiocarbonyl (C=S) groups is 1. The molecule has 0 saturated carbocycles. The zero-order chi connectivity index (χ0) is 24.8. The highest BCUT2D eigenvalue weighted by atomic mass is 32.1. The first-order valence-electron chi connectivity index (χ1n) is 11.1. The zero-order valence-corrected chi connectivity index (χ0v) is 20.0. The fourth-order valence-electron chi connectivity index (χ4n) is 3.93. The van der Waals surface area contributed by atoms with Crippen molar-refractivity contribution in [1.82, 2.24) is 9.80 Å². The van der Waals surface area contributed by atoms with Crippen LogP contribution in [0.3, 0.4) is 0 Å². The Hall–Kier alpha value is -3.98. The number of ether oxygens (including phenoxy) is 1. The van der Waals surface area contributed by atoms with Crippen molar-refractivity contribution in [1.29, 1.82) is 0 Å². The molecule has 1 aromatic heterocycles. The first-order chi connectivity index (χ1) is 17.0. The number of benzene rings is 2. The van der Waals surface area contributed by atoms with Crippen molar-refractivity contribution >= 4 is 40.8 Å². The van der Waals surface area contributed by atoms with Crippen molar-refractivity contribution in [2.75, 3.05) is 19.0 Å². The van der Waals surface area contributed by atoms with Gasteiger partial charge >= 0.3 is 5.97 Å². The second-order valence-corrected chi connectivity index (χ2v) is 8.42. The fourth-order valence-corrected chi connectivity index (χ4v) is 4.30. The molecule has 9 heteroatoms. The molecule has 2 aromatic carbocycles. The van der Waals surface area contributed by atoms with Crippen molar-refractivity contribution in [2.45, 2.75) is 25.4 Å². The molecule has 0 aliphatic carbocycles. The lowest BCUT2D eigenvalue weighted by Crippen LogP contribution is -2.37. The normalized spacial score (nSPS) is 15.4. The first-order valence-corrected chi connectivity index (χ1v) is 11.5. The molecule has 1 saturated heterocycles. The molecule has 0 unspecified atom stereocenters. The van der Waals surface area contributed by atoms with Gasteiger partial charge in [0.1, 0.15) is 11.8 Å². The smallest absolute Gasteiger partial charge is 0.337 e. The average Bonchev–Trinajstić information content (AvgIpc) is 3.46. The summed E-state index contributed by atoms with van der Waals surface area (Å²) in [5.74, 6) is -0.369. The molecular weight excluding hydrogens is 466 g/mol. The van der Waals surface area contributed by atoms with E-state index >= 15 is 0 Å². The van der Waals surface area contributed by atoms with Crippen molar-refractivity contribution in [3.63, 3.8) is 0 Å². The Morgan fingerprint density at radius 3 is 2.46 bits per heavy atom. The molecule has 1 N–H and O–H groups in total. The van der Waals surface area contributed by atoms with Gasteiger partial charge in [0.15, 0.2) is 5.11 Å². The Morgan fingerprint density at radius 2 is 1.80 bits per heavy atom. The number of carbonyl (C=O) groups is 3. The number of furan rings is 1. The van der Waals surface area contributed by atoms with Crippen LogP contribution < -0.4 is 5.32 Å². The molecule has 2 heterocycles. The van der Waals surface area contributed by atoms with Crippen LogP contribution in [0.15, 0.2) is 77.4 Å². The summed E-state index contributed by atoms with van der Waals surface area (Å²) in [6.07, 6.45) is 2.12. The number of anilines is 1. The van der Waals surface area contributed by atoms with Gasteiger partial charge in [-0.2, -0.15) is 0 Å². The van der Waals surface area contributed by atoms with Crippen LogP contribution in [0.5, 0.6) is 0 Å². The average molecular weight is 492 g/mol. The van der Waals surface area contributed by atoms with Gasteiger partial charge in [0.2, 0.25) is 5.91 Å². The number of amides is 2. The minimum absolute atomic E-state index is 0.0831. The van der Waals surface area contributed by atoms with Gasteiger partial charge in [-0.1, -0.05) is 30.3 Å². The molecule has 4 rings (SSSR count). The minimum Gasteiger partial charge on any atom is -0.467 e. The van der Waals surface area contributed by atoms with E-state index in [0.717, 1.165) is 5.56 Å². The lowest BCUT2D eigenvalue weighted by atomic mass is 10.1. The van der Waals surface area contributed by atoms with E-state index in [-0.39, 0.29) is 24.8 Å². The van der Waals surface area contributed by atoms with Gasteiger partial charge in [0.25, 0.3) is 5.91 Å². The number of nitrogens with one attached hydrogen (secondary N) is 1. The number of methoxy groups -OCH3 is 1. The summed E-state index contributed by atoms with van der Waals surface area (Å²) in [6.45, 7) is 0.703. The van der Waals surface area contributed by atoms with E-state index in [1.54, 1.807) is 52.5 Å². The summed E-state index contributed by atoms with van der Waals surface area (Å²) >= 11 is 5.65. The summed E-state index contributed by atoms with van der Waals surface area (Å²) in [7, 11) is 1.30. The van der Waals surface area contributed by atoms with Crippen LogP contribution >= 0.6 is 12.2 Å². The van der Waals surface area contributed by atoms with Crippen molar-refractivity contribution in [3.05, 3.63) is 89.9 Å². The number of hydrogen-bond donors (Lipinski definition) is 1. The summed E-state index contributed by atoms with van der Waals surface area (Å²) in [5.41, 5.74) is 1.98. The van der Waals surface area contributed by atoms with Gasteiger partial charge < -0.3 is 19.4 Å². The molecule has 0 bridgehead atoms. The van der Waals surface area contributed by atoms with Crippen LogP contribution in [0.4, 0.5) is 5.69 Å². The Morgan fingerprint density at radius 1 is 1.06 bits per heavy atom. The molecule has 1 aliphatic heterocycles. The summed E-state index contributed by atoms with van der Waals surface area (Å²) in [4.78, 5) is 41.1. The Kier molecular flexibility index (Phi) is 7.57. The Balaban J connectivity index is 1.46. The van der Waals surface area contributed by atoms with Crippen molar-refractivity contribution in [2.24, 2.45) is 0 Å². The largest absolute Gasteiger partial charge is 0.467 e. The molecule has 2 amide bonds. The number of rotatable bonds is 9. The number of esters is 1. The lowest BCUT2D eigenvalue weighted by molar-refractivity contribution is -0.130. The summed E-state index contributed by atoms with van der Waals surface area (Å²) in [5, 5.41) is 3.16. The summed E-state index contributed by atoms with van der Waals surface area (Å²) in [6, 6.07) is 19.0. The molecule has 35 heavy (non-hydrogen) atoms. The molecule has 1 atom stereocenters. The molecular formula is C26H25N3O5S. The van der Waals surface area contributed by atoms with Crippen LogP contribution in [-0.4, -0.2) is 52.4 Å². The van der Waals surface area contributed by atoms with E-state index in [1.807, 2.05) is 30.3 Å². The molecule has 8 nitrogen and oxygen atoms in total. The lowest BCUT2D eigenvalue weighted by Gasteiger charge is -2.22. The van der Waals surface area contributed by atoms with Crippen molar-refractivity contribution in [3.8, 4) is 0 Å². The summed E-state index contributed by atoms with van der Waals surface area (Å²) < 4.78 is 10.1. The van der Waals surface area contributed by atoms with E-state index in [4.69, 9.17) is 16.6 Å². The van der Waals surface area contributed by atoms with Crippen LogP contribution in [-0.2, 0) is 27.3 Å². The van der Waals surface area contributed by atoms with Gasteiger partial charge in [-0.3, -0.25) is 14.5 Å². The fraction of sp³-hybridized carbons (Fsp3) is 0.231. The topological polar surface area (TPSA) is 92.1 Å². The molecule has 0 spiro atoms.